The van der Waals surface area contributed by atoms with Gasteiger partial charge in [0.1, 0.15) is 0 Å². The summed E-state index contributed by atoms with van der Waals surface area (Å²) in [6.07, 6.45) is 1.35. The van der Waals surface area contributed by atoms with Gasteiger partial charge in [-0.05, 0) is 62.6 Å². The summed E-state index contributed by atoms with van der Waals surface area (Å²) in [4.78, 5) is 13.6. The summed E-state index contributed by atoms with van der Waals surface area (Å²) < 4.78 is 32.8. The maximum Gasteiger partial charge on any atom is 0.238 e. The lowest BCUT2D eigenvalue weighted by Gasteiger charge is -2.44. The van der Waals surface area contributed by atoms with E-state index in [4.69, 9.17) is 11.2 Å². The topological polar surface area (TPSA) is 67.2 Å². The summed E-state index contributed by atoms with van der Waals surface area (Å²) in [5.74, 6) is -0.452. The molecule has 2 unspecified atom stereocenters. The van der Waals surface area contributed by atoms with Crippen LogP contribution in [0.25, 0.3) is 0 Å². The lowest BCUT2D eigenvalue weighted by Crippen LogP contribution is -2.59. The van der Waals surface area contributed by atoms with Gasteiger partial charge in [0.2, 0.25) is 5.91 Å². The second kappa shape index (κ2) is 9.61. The van der Waals surface area contributed by atoms with Gasteiger partial charge in [-0.1, -0.05) is 65.7 Å². The molecule has 1 rings (SSSR count). The van der Waals surface area contributed by atoms with Gasteiger partial charge < -0.3 is 16.4 Å². The third kappa shape index (κ3) is 6.05. The van der Waals surface area contributed by atoms with Gasteiger partial charge in [-0.15, -0.1) is 0 Å². The molecule has 0 fully saturated rings. The van der Waals surface area contributed by atoms with Crippen molar-refractivity contribution in [2.24, 2.45) is 16.6 Å². The number of rotatable bonds is 10. The molecular formula is C25H45N3O. The zero-order chi connectivity index (χ0) is 26.1. The fourth-order valence-corrected chi connectivity index (χ4v) is 4.31. The normalized spacial score (nSPS) is 19.8. The molecule has 1 aromatic rings. The Morgan fingerprint density at radius 2 is 1.69 bits per heavy atom. The number of nitrogens with two attached hydrogens (primary N) is 1. The van der Waals surface area contributed by atoms with Crippen LogP contribution in [-0.4, -0.2) is 30.6 Å². The maximum absolute atomic E-state index is 13.6. The van der Waals surface area contributed by atoms with Crippen LogP contribution in [0.4, 0.5) is 0 Å². The Hall–Kier alpha value is -1.39. The van der Waals surface area contributed by atoms with Gasteiger partial charge in [0, 0.05) is 17.5 Å². The summed E-state index contributed by atoms with van der Waals surface area (Å²) in [5, 5.41) is 6.44. The van der Waals surface area contributed by atoms with E-state index < -0.39 is 11.6 Å². The van der Waals surface area contributed by atoms with E-state index in [1.807, 2.05) is 27.7 Å². The van der Waals surface area contributed by atoms with Gasteiger partial charge in [-0.25, -0.2) is 0 Å². The van der Waals surface area contributed by atoms with E-state index >= 15 is 0 Å². The van der Waals surface area contributed by atoms with Crippen molar-refractivity contribution in [2.75, 3.05) is 7.05 Å². The Morgan fingerprint density at radius 1 is 1.14 bits per heavy atom. The number of benzene rings is 1. The number of carbonyl (C=O) groups excluding carboxylic acids is 1. The van der Waals surface area contributed by atoms with Gasteiger partial charge in [0.15, 0.2) is 0 Å². The number of nitrogens with one attached hydrogen (secondary N) is 2. The Bertz CT molecular complexity index is 841. The fourth-order valence-electron chi connectivity index (χ4n) is 4.31. The number of likely N-dealkylation sites (N-methyl/N-ethyl adjacent to an activating group) is 1. The van der Waals surface area contributed by atoms with E-state index in [0.717, 1.165) is 6.42 Å². The van der Waals surface area contributed by atoms with Crippen molar-refractivity contribution in [3.8, 4) is 0 Å². The summed E-state index contributed by atoms with van der Waals surface area (Å²) in [6, 6.07) is -1.03. The first-order valence-electron chi connectivity index (χ1n) is 12.7. The van der Waals surface area contributed by atoms with Crippen molar-refractivity contribution in [3.05, 3.63) is 35.3 Å². The monoisotopic (exact) mass is 407 g/mol. The Morgan fingerprint density at radius 3 is 2.17 bits per heavy atom. The number of amides is 1. The van der Waals surface area contributed by atoms with E-state index in [0.29, 0.717) is 17.5 Å². The Kier molecular flexibility index (Phi) is 6.49. The largest absolute Gasteiger partial charge is 0.349 e. The van der Waals surface area contributed by atoms with Crippen molar-refractivity contribution in [3.63, 3.8) is 0 Å². The van der Waals surface area contributed by atoms with Gasteiger partial charge >= 0.3 is 0 Å². The highest BCUT2D eigenvalue weighted by atomic mass is 16.2. The molecule has 4 N–H and O–H groups in total. The second-order valence-corrected chi connectivity index (χ2v) is 10.2. The molecule has 0 spiro atoms. The molecule has 0 aliphatic rings. The molecule has 1 amide bonds. The van der Waals surface area contributed by atoms with Crippen LogP contribution in [0.3, 0.4) is 0 Å². The van der Waals surface area contributed by atoms with Crippen LogP contribution < -0.4 is 16.4 Å². The smallest absolute Gasteiger partial charge is 0.238 e. The number of hydrogen-bond acceptors (Lipinski definition) is 3. The predicted octanol–water partition coefficient (Wildman–Crippen LogP) is 4.76. The third-order valence-electron chi connectivity index (χ3n) is 6.92. The average Bonchev–Trinajstić information content (AvgIpc) is 2.69. The van der Waals surface area contributed by atoms with E-state index in [1.54, 1.807) is 14.0 Å². The molecular weight excluding hydrogens is 358 g/mol. The third-order valence-corrected chi connectivity index (χ3v) is 6.92. The Balaban J connectivity index is 3.35. The van der Waals surface area contributed by atoms with Crippen molar-refractivity contribution in [1.82, 2.24) is 10.6 Å². The first-order valence-corrected chi connectivity index (χ1v) is 10.7. The van der Waals surface area contributed by atoms with Crippen molar-refractivity contribution in [2.45, 2.75) is 98.7 Å². The lowest BCUT2D eigenvalue weighted by atomic mass is 9.68. The quantitative estimate of drug-likeness (QED) is 0.524. The first kappa shape index (κ1) is 19.6. The van der Waals surface area contributed by atoms with Crippen molar-refractivity contribution in [1.29, 1.82) is 0 Å². The molecule has 0 radical (unpaired) electrons. The maximum atomic E-state index is 13.6. The fraction of sp³-hybridized carbons (Fsp3) is 0.720. The van der Waals surface area contributed by atoms with Gasteiger partial charge in [-0.3, -0.25) is 4.79 Å². The van der Waals surface area contributed by atoms with Crippen LogP contribution in [-0.2, 0) is 4.79 Å². The van der Waals surface area contributed by atoms with Crippen LogP contribution in [0.15, 0.2) is 24.2 Å². The van der Waals surface area contributed by atoms with E-state index in [2.05, 4.69) is 38.3 Å². The highest BCUT2D eigenvalue weighted by molar-refractivity contribution is 5.83. The molecule has 0 saturated heterocycles. The molecule has 0 aliphatic heterocycles. The lowest BCUT2D eigenvalue weighted by molar-refractivity contribution is -0.128. The number of carbonyl (C=O) groups is 1. The van der Waals surface area contributed by atoms with Crippen LogP contribution in [0, 0.1) is 17.8 Å². The molecule has 4 nitrogen and oxygen atoms in total. The van der Waals surface area contributed by atoms with Crippen LogP contribution >= 0.6 is 0 Å². The minimum Gasteiger partial charge on any atom is -0.349 e. The highest BCUT2D eigenvalue weighted by Gasteiger charge is 2.42. The summed E-state index contributed by atoms with van der Waals surface area (Å²) in [5.41, 5.74) is 6.04. The minimum absolute atomic E-state index is 0.0186. The van der Waals surface area contributed by atoms with E-state index in [9.17, 15) is 4.79 Å². The first-order chi connectivity index (χ1) is 14.9. The predicted molar refractivity (Wildman–Crippen MR) is 125 cm³/mol. The number of hydrogen-bond donors (Lipinski definition) is 3. The second-order valence-electron chi connectivity index (χ2n) is 10.2. The van der Waals surface area contributed by atoms with Crippen molar-refractivity contribution >= 4 is 5.91 Å². The Labute approximate surface area is 185 Å². The standard InChI is InChI=1S/C25H45N3O/c1-11-25(9,18(3)20-15-13-12-14-17(20)2)28-22(29)21(27-10)24(7,8)16-23(5,6)19(4)26/h12-15,18-19,21,27H,11,16,26H2,1-10H3,(H,28,29)/t18?,19?,21-,25+/m1/s1/i12D,13D,14D,15D. The molecule has 0 aliphatic carbocycles. The van der Waals surface area contributed by atoms with E-state index in [1.165, 1.54) is 0 Å². The average molecular weight is 408 g/mol. The van der Waals surface area contributed by atoms with Crippen LogP contribution in [0.5, 0.6) is 0 Å². The molecule has 0 aromatic heterocycles. The SMILES string of the molecule is [2H]c1c([2H])c([2H])c(C(C)[C@](C)(CC)NC(=O)[C@@H](NC)C(C)(C)CC(C)(C)C(C)N)c(C)c1[2H]. The van der Waals surface area contributed by atoms with Crippen LogP contribution in [0.2, 0.25) is 0 Å². The molecule has 4 heteroatoms. The summed E-state index contributed by atoms with van der Waals surface area (Å²) in [6.45, 7) is 17.9. The molecule has 4 atom stereocenters. The van der Waals surface area contributed by atoms with Gasteiger partial charge in [0.25, 0.3) is 0 Å². The van der Waals surface area contributed by atoms with E-state index in [-0.39, 0.29) is 52.9 Å². The van der Waals surface area contributed by atoms with Crippen LogP contribution in [0.1, 0.15) is 90.8 Å². The highest BCUT2D eigenvalue weighted by Crippen LogP contribution is 2.39. The minimum atomic E-state index is -0.706. The van der Waals surface area contributed by atoms with Gasteiger partial charge in [-0.2, -0.15) is 0 Å². The molecule has 1 aromatic carbocycles. The molecule has 0 heterocycles. The van der Waals surface area contributed by atoms with Gasteiger partial charge in [0.05, 0.1) is 11.5 Å². The zero-order valence-electron chi connectivity index (χ0n) is 24.1. The summed E-state index contributed by atoms with van der Waals surface area (Å²) >= 11 is 0. The zero-order valence-corrected chi connectivity index (χ0v) is 20.1. The molecule has 166 valence electrons. The molecule has 0 saturated carbocycles. The van der Waals surface area contributed by atoms with Crippen molar-refractivity contribution < 1.29 is 10.3 Å². The molecule has 0 bridgehead atoms. The summed E-state index contributed by atoms with van der Waals surface area (Å²) in [7, 11) is 1.79. The molecule has 29 heavy (non-hydrogen) atoms.